The van der Waals surface area contributed by atoms with Crippen LogP contribution in [0.25, 0.3) is 6.08 Å². The number of aryl methyl sites for hydroxylation is 1. The van der Waals surface area contributed by atoms with E-state index in [0.29, 0.717) is 17.9 Å². The molecular formula is C23H19NO2. The number of rotatable bonds is 2. The Morgan fingerprint density at radius 3 is 2.38 bits per heavy atom. The number of hydrogen-bond donors (Lipinski definition) is 0. The number of benzene rings is 3. The summed E-state index contributed by atoms with van der Waals surface area (Å²) in [5.41, 5.74) is 3.72. The van der Waals surface area contributed by atoms with Gasteiger partial charge in [0.05, 0.1) is 12.2 Å². The lowest BCUT2D eigenvalue weighted by molar-refractivity contribution is 0.0983. The van der Waals surface area contributed by atoms with Crippen LogP contribution < -0.4 is 9.64 Å². The van der Waals surface area contributed by atoms with Crippen LogP contribution in [0.3, 0.4) is 0 Å². The van der Waals surface area contributed by atoms with Gasteiger partial charge in [0.15, 0.2) is 5.75 Å². The number of anilines is 1. The maximum Gasteiger partial charge on any atom is 0.258 e. The summed E-state index contributed by atoms with van der Waals surface area (Å²) < 4.78 is 6.05. The number of fused-ring (bicyclic) bond motifs is 1. The van der Waals surface area contributed by atoms with Crippen LogP contribution in [0.5, 0.6) is 5.75 Å². The Kier molecular flexibility index (Phi) is 4.28. The van der Waals surface area contributed by atoms with Gasteiger partial charge in [0.2, 0.25) is 0 Å². The second-order valence-corrected chi connectivity index (χ2v) is 6.35. The van der Waals surface area contributed by atoms with E-state index in [1.165, 1.54) is 5.56 Å². The van der Waals surface area contributed by atoms with Crippen molar-refractivity contribution in [3.63, 3.8) is 0 Å². The first kappa shape index (κ1) is 16.2. The molecule has 1 aliphatic heterocycles. The molecule has 1 heterocycles. The maximum atomic E-state index is 13.0. The Morgan fingerprint density at radius 1 is 0.923 bits per heavy atom. The first-order valence-electron chi connectivity index (χ1n) is 8.62. The van der Waals surface area contributed by atoms with Crippen molar-refractivity contribution in [2.75, 3.05) is 11.4 Å². The molecule has 0 N–H and O–H groups in total. The molecule has 3 aromatic rings. The number of amides is 1. The molecule has 1 aliphatic rings. The van der Waals surface area contributed by atoms with Gasteiger partial charge in [0.25, 0.3) is 5.91 Å². The summed E-state index contributed by atoms with van der Waals surface area (Å²) in [5, 5.41) is 0. The fourth-order valence-corrected chi connectivity index (χ4v) is 3.02. The highest BCUT2D eigenvalue weighted by Gasteiger charge is 2.27. The third kappa shape index (κ3) is 3.24. The second kappa shape index (κ2) is 6.89. The fraction of sp³-hybridized carbons (Fsp3) is 0.0870. The summed E-state index contributed by atoms with van der Waals surface area (Å²) >= 11 is 0. The maximum absolute atomic E-state index is 13.0. The van der Waals surface area contributed by atoms with E-state index in [1.807, 2.05) is 60.7 Å². The van der Waals surface area contributed by atoms with Crippen LogP contribution >= 0.6 is 0 Å². The van der Waals surface area contributed by atoms with E-state index in [1.54, 1.807) is 4.90 Å². The number of para-hydroxylation sites is 2. The van der Waals surface area contributed by atoms with Gasteiger partial charge < -0.3 is 4.74 Å². The van der Waals surface area contributed by atoms with Crippen molar-refractivity contribution in [1.82, 2.24) is 0 Å². The first-order chi connectivity index (χ1) is 12.7. The molecule has 3 nitrogen and oxygen atoms in total. The van der Waals surface area contributed by atoms with Crippen molar-refractivity contribution in [3.8, 4) is 5.75 Å². The molecule has 4 rings (SSSR count). The van der Waals surface area contributed by atoms with Crippen LogP contribution in [0, 0.1) is 6.92 Å². The summed E-state index contributed by atoms with van der Waals surface area (Å²) in [6.07, 6.45) is 1.99. The van der Waals surface area contributed by atoms with E-state index in [-0.39, 0.29) is 5.91 Å². The zero-order valence-electron chi connectivity index (χ0n) is 14.6. The number of nitrogens with zero attached hydrogens (tertiary/aromatic N) is 1. The lowest BCUT2D eigenvalue weighted by Gasteiger charge is -2.31. The second-order valence-electron chi connectivity index (χ2n) is 6.35. The van der Waals surface area contributed by atoms with Gasteiger partial charge in [-0.2, -0.15) is 0 Å². The smallest absolute Gasteiger partial charge is 0.258 e. The molecule has 3 heteroatoms. The van der Waals surface area contributed by atoms with Gasteiger partial charge in [-0.15, -0.1) is 0 Å². The predicted octanol–water partition coefficient (Wildman–Crippen LogP) is 5.08. The fourth-order valence-electron chi connectivity index (χ4n) is 3.02. The summed E-state index contributed by atoms with van der Waals surface area (Å²) in [6, 6.07) is 25.2. The monoisotopic (exact) mass is 341 g/mol. The van der Waals surface area contributed by atoms with Crippen LogP contribution in [0.2, 0.25) is 0 Å². The lowest BCUT2D eigenvalue weighted by atomic mass is 10.1. The van der Waals surface area contributed by atoms with E-state index in [2.05, 4.69) is 31.2 Å². The minimum absolute atomic E-state index is 0.0313. The number of ether oxygens (including phenoxy) is 1. The molecule has 0 radical (unpaired) electrons. The Labute approximate surface area is 153 Å². The highest BCUT2D eigenvalue weighted by molar-refractivity contribution is 6.07. The van der Waals surface area contributed by atoms with Gasteiger partial charge in [-0.1, -0.05) is 60.2 Å². The summed E-state index contributed by atoms with van der Waals surface area (Å²) in [4.78, 5) is 14.8. The van der Waals surface area contributed by atoms with Crippen LogP contribution in [0.4, 0.5) is 5.69 Å². The molecule has 0 saturated heterocycles. The molecule has 0 fully saturated rings. The highest BCUT2D eigenvalue weighted by Crippen LogP contribution is 2.35. The van der Waals surface area contributed by atoms with Gasteiger partial charge >= 0.3 is 0 Å². The SMILES string of the molecule is Cc1ccc(/C=C2\CN(C(=O)c3ccccc3)c3ccccc3O2)cc1. The molecule has 0 aliphatic carbocycles. The summed E-state index contributed by atoms with van der Waals surface area (Å²) in [6.45, 7) is 2.46. The van der Waals surface area contributed by atoms with Crippen LogP contribution in [0.15, 0.2) is 84.6 Å². The number of hydrogen-bond acceptors (Lipinski definition) is 2. The average Bonchev–Trinajstić information content (AvgIpc) is 2.69. The average molecular weight is 341 g/mol. The summed E-state index contributed by atoms with van der Waals surface area (Å²) in [5.74, 6) is 1.41. The van der Waals surface area contributed by atoms with E-state index in [4.69, 9.17) is 4.74 Å². The molecular weight excluding hydrogens is 322 g/mol. The largest absolute Gasteiger partial charge is 0.458 e. The first-order valence-corrected chi connectivity index (χ1v) is 8.62. The standard InChI is InChI=1S/C23H19NO2/c1-17-11-13-18(14-12-17)15-20-16-24(21-9-5-6-10-22(21)26-20)23(25)19-7-3-2-4-8-19/h2-15H,16H2,1H3/b20-15+. The van der Waals surface area contributed by atoms with Crippen molar-refractivity contribution >= 4 is 17.7 Å². The van der Waals surface area contributed by atoms with Crippen molar-refractivity contribution in [2.45, 2.75) is 6.92 Å². The zero-order chi connectivity index (χ0) is 17.9. The van der Waals surface area contributed by atoms with Crippen molar-refractivity contribution in [3.05, 3.63) is 101 Å². The third-order valence-electron chi connectivity index (χ3n) is 4.38. The Bertz CT molecular complexity index is 959. The Hall–Kier alpha value is -3.33. The van der Waals surface area contributed by atoms with Gasteiger partial charge in [0.1, 0.15) is 5.76 Å². The quantitative estimate of drug-likeness (QED) is 0.651. The highest BCUT2D eigenvalue weighted by atomic mass is 16.5. The molecule has 0 saturated carbocycles. The molecule has 0 unspecified atom stereocenters. The van der Waals surface area contributed by atoms with Crippen molar-refractivity contribution in [2.24, 2.45) is 0 Å². The Morgan fingerprint density at radius 2 is 1.62 bits per heavy atom. The van der Waals surface area contributed by atoms with Crippen LogP contribution in [0.1, 0.15) is 21.5 Å². The summed E-state index contributed by atoms with van der Waals surface area (Å²) in [7, 11) is 0. The molecule has 0 bridgehead atoms. The van der Waals surface area contributed by atoms with Gasteiger partial charge in [-0.25, -0.2) is 0 Å². The minimum atomic E-state index is -0.0313. The van der Waals surface area contributed by atoms with Crippen LogP contribution in [-0.4, -0.2) is 12.5 Å². The van der Waals surface area contributed by atoms with Gasteiger partial charge in [-0.05, 0) is 42.8 Å². The molecule has 0 spiro atoms. The molecule has 1 amide bonds. The lowest BCUT2D eigenvalue weighted by Crippen LogP contribution is -2.36. The van der Waals surface area contributed by atoms with Crippen LogP contribution in [-0.2, 0) is 0 Å². The van der Waals surface area contributed by atoms with Gasteiger partial charge in [0, 0.05) is 5.56 Å². The zero-order valence-corrected chi connectivity index (χ0v) is 14.6. The van der Waals surface area contributed by atoms with E-state index in [9.17, 15) is 4.79 Å². The third-order valence-corrected chi connectivity index (χ3v) is 4.38. The van der Waals surface area contributed by atoms with E-state index < -0.39 is 0 Å². The minimum Gasteiger partial charge on any atom is -0.458 e. The van der Waals surface area contributed by atoms with Crippen molar-refractivity contribution in [1.29, 1.82) is 0 Å². The van der Waals surface area contributed by atoms with E-state index >= 15 is 0 Å². The molecule has 3 aromatic carbocycles. The van der Waals surface area contributed by atoms with E-state index in [0.717, 1.165) is 17.0 Å². The number of carbonyl (C=O) groups excluding carboxylic acids is 1. The predicted molar refractivity (Wildman–Crippen MR) is 104 cm³/mol. The van der Waals surface area contributed by atoms with Gasteiger partial charge in [-0.3, -0.25) is 9.69 Å². The molecule has 128 valence electrons. The number of carbonyl (C=O) groups is 1. The molecule has 0 aromatic heterocycles. The Balaban J connectivity index is 1.71. The molecule has 26 heavy (non-hydrogen) atoms. The topological polar surface area (TPSA) is 29.5 Å². The molecule has 0 atom stereocenters. The normalized spacial score (nSPS) is 14.7. The van der Waals surface area contributed by atoms with Crippen molar-refractivity contribution < 1.29 is 9.53 Å².